The second-order valence-corrected chi connectivity index (χ2v) is 4.91. The summed E-state index contributed by atoms with van der Waals surface area (Å²) in [6, 6.07) is 0. The van der Waals surface area contributed by atoms with Gasteiger partial charge in [-0.25, -0.2) is 0 Å². The SMILES string of the molecule is CCC(CCCOC(C)C(C)C)(NC)C(=O)O. The summed E-state index contributed by atoms with van der Waals surface area (Å²) in [5, 5.41) is 12.1. The molecule has 0 amide bonds. The molecule has 0 fully saturated rings. The van der Waals surface area contributed by atoms with Crippen molar-refractivity contribution >= 4 is 5.97 Å². The molecule has 4 heteroatoms. The Morgan fingerprint density at radius 1 is 1.41 bits per heavy atom. The summed E-state index contributed by atoms with van der Waals surface area (Å²) < 4.78 is 5.65. The smallest absolute Gasteiger partial charge is 0.323 e. The number of aliphatic carboxylic acids is 1. The Labute approximate surface area is 105 Å². The molecule has 0 bridgehead atoms. The highest BCUT2D eigenvalue weighted by Gasteiger charge is 2.34. The fourth-order valence-electron chi connectivity index (χ4n) is 1.68. The third-order valence-electron chi connectivity index (χ3n) is 3.56. The van der Waals surface area contributed by atoms with Gasteiger partial charge in [-0.05, 0) is 39.2 Å². The van der Waals surface area contributed by atoms with Crippen LogP contribution in [0.25, 0.3) is 0 Å². The van der Waals surface area contributed by atoms with E-state index in [9.17, 15) is 9.90 Å². The van der Waals surface area contributed by atoms with E-state index in [1.165, 1.54) is 0 Å². The fraction of sp³-hybridized carbons (Fsp3) is 0.923. The zero-order valence-corrected chi connectivity index (χ0v) is 11.7. The van der Waals surface area contributed by atoms with Gasteiger partial charge in [-0.15, -0.1) is 0 Å². The molecule has 0 aromatic carbocycles. The van der Waals surface area contributed by atoms with E-state index < -0.39 is 11.5 Å². The van der Waals surface area contributed by atoms with Crippen LogP contribution in [0.15, 0.2) is 0 Å². The molecular weight excluding hydrogens is 218 g/mol. The highest BCUT2D eigenvalue weighted by molar-refractivity contribution is 5.78. The summed E-state index contributed by atoms with van der Waals surface area (Å²) in [5.41, 5.74) is -0.801. The van der Waals surface area contributed by atoms with E-state index in [4.69, 9.17) is 4.74 Å². The number of likely N-dealkylation sites (N-methyl/N-ethyl adjacent to an activating group) is 1. The van der Waals surface area contributed by atoms with Crippen LogP contribution in [0, 0.1) is 5.92 Å². The van der Waals surface area contributed by atoms with E-state index in [1.807, 2.05) is 13.8 Å². The number of hydrogen-bond acceptors (Lipinski definition) is 3. The number of carbonyl (C=O) groups is 1. The fourth-order valence-corrected chi connectivity index (χ4v) is 1.68. The molecule has 0 aliphatic rings. The molecule has 2 N–H and O–H groups in total. The van der Waals surface area contributed by atoms with Gasteiger partial charge in [0.05, 0.1) is 6.10 Å². The third kappa shape index (κ3) is 5.04. The number of hydrogen-bond donors (Lipinski definition) is 2. The van der Waals surface area contributed by atoms with Gasteiger partial charge in [-0.3, -0.25) is 4.79 Å². The van der Waals surface area contributed by atoms with Crippen molar-refractivity contribution in [3.05, 3.63) is 0 Å². The van der Waals surface area contributed by atoms with Gasteiger partial charge in [-0.1, -0.05) is 20.8 Å². The molecule has 2 unspecified atom stereocenters. The van der Waals surface area contributed by atoms with E-state index >= 15 is 0 Å². The van der Waals surface area contributed by atoms with Crippen molar-refractivity contribution in [2.75, 3.05) is 13.7 Å². The van der Waals surface area contributed by atoms with Gasteiger partial charge in [0.15, 0.2) is 0 Å². The van der Waals surface area contributed by atoms with Crippen LogP contribution in [-0.2, 0) is 9.53 Å². The Bertz CT molecular complexity index is 225. The van der Waals surface area contributed by atoms with E-state index in [1.54, 1.807) is 7.05 Å². The van der Waals surface area contributed by atoms with Gasteiger partial charge in [0.1, 0.15) is 5.54 Å². The van der Waals surface area contributed by atoms with Gasteiger partial charge in [0.25, 0.3) is 0 Å². The van der Waals surface area contributed by atoms with Crippen molar-refractivity contribution < 1.29 is 14.6 Å². The van der Waals surface area contributed by atoms with Crippen LogP contribution in [0.2, 0.25) is 0 Å². The topological polar surface area (TPSA) is 58.6 Å². The number of carboxylic acid groups (broad SMARTS) is 1. The van der Waals surface area contributed by atoms with Crippen LogP contribution in [0.4, 0.5) is 0 Å². The molecule has 0 aromatic heterocycles. The third-order valence-corrected chi connectivity index (χ3v) is 3.56. The summed E-state index contributed by atoms with van der Waals surface area (Å²) in [6.45, 7) is 8.79. The van der Waals surface area contributed by atoms with Crippen molar-refractivity contribution in [3.63, 3.8) is 0 Å². The lowest BCUT2D eigenvalue weighted by Gasteiger charge is -2.28. The van der Waals surface area contributed by atoms with Crippen LogP contribution in [-0.4, -0.2) is 36.4 Å². The molecule has 0 saturated carbocycles. The maximum atomic E-state index is 11.2. The average Bonchev–Trinajstić information content (AvgIpc) is 2.29. The number of rotatable bonds is 9. The molecule has 2 atom stereocenters. The predicted molar refractivity (Wildman–Crippen MR) is 69.2 cm³/mol. The molecule has 0 rings (SSSR count). The van der Waals surface area contributed by atoms with Crippen molar-refractivity contribution in [2.24, 2.45) is 5.92 Å². The first-order chi connectivity index (χ1) is 7.89. The average molecular weight is 245 g/mol. The lowest BCUT2D eigenvalue weighted by Crippen LogP contribution is -2.50. The highest BCUT2D eigenvalue weighted by Crippen LogP contribution is 2.18. The summed E-state index contributed by atoms with van der Waals surface area (Å²) in [6.07, 6.45) is 2.17. The van der Waals surface area contributed by atoms with Gasteiger partial charge in [-0.2, -0.15) is 0 Å². The first-order valence-corrected chi connectivity index (χ1v) is 6.43. The quantitative estimate of drug-likeness (QED) is 0.612. The Kier molecular flexibility index (Phi) is 7.39. The number of carboxylic acids is 1. The second kappa shape index (κ2) is 7.67. The first kappa shape index (κ1) is 16.4. The van der Waals surface area contributed by atoms with E-state index in [-0.39, 0.29) is 6.10 Å². The van der Waals surface area contributed by atoms with Crippen molar-refractivity contribution in [3.8, 4) is 0 Å². The van der Waals surface area contributed by atoms with Crippen LogP contribution >= 0.6 is 0 Å². The largest absolute Gasteiger partial charge is 0.480 e. The minimum atomic E-state index is -0.801. The molecule has 4 nitrogen and oxygen atoms in total. The Morgan fingerprint density at radius 2 is 2.00 bits per heavy atom. The molecule has 0 aliphatic carbocycles. The Balaban J connectivity index is 4.04. The molecule has 102 valence electrons. The minimum absolute atomic E-state index is 0.227. The Morgan fingerprint density at radius 3 is 2.35 bits per heavy atom. The molecule has 0 radical (unpaired) electrons. The molecule has 0 spiro atoms. The lowest BCUT2D eigenvalue weighted by atomic mass is 9.91. The number of nitrogens with one attached hydrogen (secondary N) is 1. The van der Waals surface area contributed by atoms with E-state index in [0.29, 0.717) is 25.4 Å². The molecule has 0 aliphatic heterocycles. The maximum Gasteiger partial charge on any atom is 0.323 e. The molecule has 0 heterocycles. The van der Waals surface area contributed by atoms with Crippen molar-refractivity contribution in [2.45, 2.75) is 58.6 Å². The van der Waals surface area contributed by atoms with Crippen molar-refractivity contribution in [1.82, 2.24) is 5.32 Å². The summed E-state index contributed by atoms with van der Waals surface area (Å²) in [5.74, 6) is -0.283. The predicted octanol–water partition coefficient (Wildman–Crippen LogP) is 2.28. The Hall–Kier alpha value is -0.610. The zero-order valence-electron chi connectivity index (χ0n) is 11.7. The molecular formula is C13H27NO3. The molecule has 0 aromatic rings. The van der Waals surface area contributed by atoms with Gasteiger partial charge in [0, 0.05) is 6.61 Å². The second-order valence-electron chi connectivity index (χ2n) is 4.91. The van der Waals surface area contributed by atoms with Crippen LogP contribution in [0.5, 0.6) is 0 Å². The van der Waals surface area contributed by atoms with Crippen LogP contribution in [0.1, 0.15) is 47.0 Å². The van der Waals surface area contributed by atoms with E-state index in [0.717, 1.165) is 6.42 Å². The van der Waals surface area contributed by atoms with Gasteiger partial charge < -0.3 is 15.2 Å². The lowest BCUT2D eigenvalue weighted by molar-refractivity contribution is -0.145. The minimum Gasteiger partial charge on any atom is -0.480 e. The van der Waals surface area contributed by atoms with Crippen molar-refractivity contribution in [1.29, 1.82) is 0 Å². The monoisotopic (exact) mass is 245 g/mol. The number of ether oxygens (including phenoxy) is 1. The summed E-state index contributed by atoms with van der Waals surface area (Å²) in [7, 11) is 1.70. The molecule has 17 heavy (non-hydrogen) atoms. The summed E-state index contributed by atoms with van der Waals surface area (Å²) >= 11 is 0. The van der Waals surface area contributed by atoms with Crippen LogP contribution < -0.4 is 5.32 Å². The van der Waals surface area contributed by atoms with Crippen LogP contribution in [0.3, 0.4) is 0 Å². The highest BCUT2D eigenvalue weighted by atomic mass is 16.5. The maximum absolute atomic E-state index is 11.2. The molecule has 0 saturated heterocycles. The van der Waals surface area contributed by atoms with Gasteiger partial charge >= 0.3 is 5.97 Å². The standard InChI is InChI=1S/C13H27NO3/c1-6-13(14-5,12(15)16)8-7-9-17-11(4)10(2)3/h10-11,14H,6-9H2,1-5H3,(H,15,16). The summed E-state index contributed by atoms with van der Waals surface area (Å²) in [4.78, 5) is 11.2. The first-order valence-electron chi connectivity index (χ1n) is 6.43. The normalized spacial score (nSPS) is 16.8. The van der Waals surface area contributed by atoms with E-state index in [2.05, 4.69) is 19.2 Å². The zero-order chi connectivity index (χ0) is 13.5. The van der Waals surface area contributed by atoms with Gasteiger partial charge in [0.2, 0.25) is 0 Å².